The van der Waals surface area contributed by atoms with Gasteiger partial charge in [-0.1, -0.05) is 11.6 Å². The lowest BCUT2D eigenvalue weighted by atomic mass is 9.96. The highest BCUT2D eigenvalue weighted by Gasteiger charge is 2.25. The van der Waals surface area contributed by atoms with Crippen LogP contribution in [-0.2, 0) is 6.54 Å². The molecule has 1 aromatic heterocycles. The molecule has 2 amide bonds. The van der Waals surface area contributed by atoms with Gasteiger partial charge in [-0.05, 0) is 86.4 Å². The van der Waals surface area contributed by atoms with Crippen LogP contribution >= 0.6 is 11.6 Å². The number of fused-ring (bicyclic) bond motifs is 1. The van der Waals surface area contributed by atoms with Gasteiger partial charge >= 0.3 is 0 Å². The number of rotatable bonds is 6. The zero-order valence-corrected chi connectivity index (χ0v) is 19.6. The summed E-state index contributed by atoms with van der Waals surface area (Å²) in [5, 5.41) is 9.48. The second-order valence-corrected chi connectivity index (χ2v) is 9.85. The molecule has 1 saturated heterocycles. The molecular formula is C26H29ClN4O2. The second-order valence-electron chi connectivity index (χ2n) is 9.42. The molecule has 1 N–H and O–H groups in total. The predicted octanol–water partition coefficient (Wildman–Crippen LogP) is 4.69. The number of benzene rings is 2. The summed E-state index contributed by atoms with van der Waals surface area (Å²) >= 11 is 5.94. The van der Waals surface area contributed by atoms with Crippen LogP contribution in [0.5, 0.6) is 0 Å². The molecule has 1 aliphatic heterocycles. The van der Waals surface area contributed by atoms with Crippen LogP contribution in [0.2, 0.25) is 5.02 Å². The number of carbonyl (C=O) groups excluding carboxylic acids is 2. The zero-order valence-electron chi connectivity index (χ0n) is 18.9. The van der Waals surface area contributed by atoms with E-state index in [1.807, 2.05) is 28.6 Å². The van der Waals surface area contributed by atoms with E-state index in [0.717, 1.165) is 61.1 Å². The monoisotopic (exact) mass is 464 g/mol. The topological polar surface area (TPSA) is 67.2 Å². The largest absolute Gasteiger partial charge is 0.352 e. The molecule has 0 unspecified atom stereocenters. The van der Waals surface area contributed by atoms with Crippen molar-refractivity contribution in [3.05, 3.63) is 64.3 Å². The van der Waals surface area contributed by atoms with E-state index in [1.54, 1.807) is 24.3 Å². The Labute approximate surface area is 198 Å². The quantitative estimate of drug-likeness (QED) is 0.575. The number of hydrogen-bond donors (Lipinski definition) is 1. The van der Waals surface area contributed by atoms with Gasteiger partial charge in [0.25, 0.3) is 11.8 Å². The van der Waals surface area contributed by atoms with Crippen LogP contribution in [0.4, 0.5) is 0 Å². The van der Waals surface area contributed by atoms with Crippen molar-refractivity contribution in [3.63, 3.8) is 0 Å². The number of halogens is 1. The second kappa shape index (κ2) is 9.18. The van der Waals surface area contributed by atoms with Crippen molar-refractivity contribution in [2.45, 2.75) is 39.2 Å². The SMILES string of the molecule is Cc1c(C(=O)NCC2CC2)ccc2nn(CC3CCN(C(=O)c4ccc(Cl)cc4)CC3)cc12. The Balaban J connectivity index is 1.21. The molecule has 6 nitrogen and oxygen atoms in total. The zero-order chi connectivity index (χ0) is 22.9. The van der Waals surface area contributed by atoms with Gasteiger partial charge < -0.3 is 10.2 Å². The summed E-state index contributed by atoms with van der Waals surface area (Å²) < 4.78 is 2.00. The molecule has 0 atom stereocenters. The van der Waals surface area contributed by atoms with E-state index in [9.17, 15) is 9.59 Å². The first-order valence-electron chi connectivity index (χ1n) is 11.8. The number of likely N-dealkylation sites (tertiary alicyclic amines) is 1. The lowest BCUT2D eigenvalue weighted by Gasteiger charge is -2.32. The summed E-state index contributed by atoms with van der Waals surface area (Å²) in [4.78, 5) is 27.3. The van der Waals surface area contributed by atoms with E-state index in [2.05, 4.69) is 11.5 Å². The Bertz CT molecular complexity index is 1170. The molecule has 2 aromatic carbocycles. The van der Waals surface area contributed by atoms with Crippen LogP contribution < -0.4 is 5.32 Å². The number of piperidine rings is 1. The average Bonchev–Trinajstić information content (AvgIpc) is 3.56. The van der Waals surface area contributed by atoms with Crippen LogP contribution in [0.25, 0.3) is 10.9 Å². The number of aryl methyl sites for hydroxylation is 1. The number of carbonyl (C=O) groups is 2. The highest BCUT2D eigenvalue weighted by Crippen LogP contribution is 2.28. The third-order valence-electron chi connectivity index (χ3n) is 6.94. The fourth-order valence-electron chi connectivity index (χ4n) is 4.63. The summed E-state index contributed by atoms with van der Waals surface area (Å²) in [5.74, 6) is 1.20. The van der Waals surface area contributed by atoms with E-state index in [-0.39, 0.29) is 11.8 Å². The molecule has 0 spiro atoms. The molecule has 172 valence electrons. The number of amides is 2. The van der Waals surface area contributed by atoms with Crippen molar-refractivity contribution in [2.24, 2.45) is 11.8 Å². The lowest BCUT2D eigenvalue weighted by Crippen LogP contribution is -2.39. The number of hydrogen-bond acceptors (Lipinski definition) is 3. The smallest absolute Gasteiger partial charge is 0.253 e. The Hall–Kier alpha value is -2.86. The maximum Gasteiger partial charge on any atom is 0.253 e. The summed E-state index contributed by atoms with van der Waals surface area (Å²) in [7, 11) is 0. The summed E-state index contributed by atoms with van der Waals surface area (Å²) in [6, 6.07) is 10.9. The van der Waals surface area contributed by atoms with Crippen LogP contribution in [0, 0.1) is 18.8 Å². The van der Waals surface area contributed by atoms with Crippen LogP contribution in [0.3, 0.4) is 0 Å². The lowest BCUT2D eigenvalue weighted by molar-refractivity contribution is 0.0681. The van der Waals surface area contributed by atoms with Gasteiger partial charge in [-0.2, -0.15) is 5.10 Å². The number of nitrogens with zero attached hydrogens (tertiary/aromatic N) is 3. The fraction of sp³-hybridized carbons (Fsp3) is 0.423. The van der Waals surface area contributed by atoms with Gasteiger partial charge in [0, 0.05) is 53.9 Å². The van der Waals surface area contributed by atoms with Gasteiger partial charge in [0.15, 0.2) is 0 Å². The molecule has 7 heteroatoms. The normalized spacial score (nSPS) is 16.8. The Kier molecular flexibility index (Phi) is 6.11. The van der Waals surface area contributed by atoms with Crippen molar-refractivity contribution in [1.82, 2.24) is 20.0 Å². The van der Waals surface area contributed by atoms with Gasteiger partial charge in [-0.25, -0.2) is 0 Å². The molecule has 33 heavy (non-hydrogen) atoms. The van der Waals surface area contributed by atoms with Crippen molar-refractivity contribution in [2.75, 3.05) is 19.6 Å². The van der Waals surface area contributed by atoms with E-state index in [0.29, 0.717) is 22.4 Å². The highest BCUT2D eigenvalue weighted by molar-refractivity contribution is 6.30. The van der Waals surface area contributed by atoms with Crippen LogP contribution in [0.1, 0.15) is 52.0 Å². The van der Waals surface area contributed by atoms with E-state index in [1.165, 1.54) is 12.8 Å². The molecule has 0 bridgehead atoms. The molecule has 2 heterocycles. The first-order valence-corrected chi connectivity index (χ1v) is 12.2. The van der Waals surface area contributed by atoms with Gasteiger partial charge in [-0.15, -0.1) is 0 Å². The van der Waals surface area contributed by atoms with Crippen molar-refractivity contribution >= 4 is 34.3 Å². The summed E-state index contributed by atoms with van der Waals surface area (Å²) in [5.41, 5.74) is 3.32. The maximum atomic E-state index is 12.7. The van der Waals surface area contributed by atoms with Crippen LogP contribution in [0.15, 0.2) is 42.6 Å². The van der Waals surface area contributed by atoms with E-state index < -0.39 is 0 Å². The maximum absolute atomic E-state index is 12.7. The molecule has 2 aliphatic rings. The van der Waals surface area contributed by atoms with E-state index >= 15 is 0 Å². The fourth-order valence-corrected chi connectivity index (χ4v) is 4.76. The molecular weight excluding hydrogens is 436 g/mol. The van der Waals surface area contributed by atoms with Gasteiger partial charge in [-0.3, -0.25) is 14.3 Å². The van der Waals surface area contributed by atoms with Crippen LogP contribution in [-0.4, -0.2) is 46.1 Å². The minimum Gasteiger partial charge on any atom is -0.352 e. The molecule has 3 aromatic rings. The van der Waals surface area contributed by atoms with Crippen molar-refractivity contribution < 1.29 is 9.59 Å². The molecule has 1 aliphatic carbocycles. The molecule has 0 radical (unpaired) electrons. The summed E-state index contributed by atoms with van der Waals surface area (Å²) in [6.45, 7) is 5.09. The standard InChI is InChI=1S/C26H29ClN4O2/c1-17-22(25(32)28-14-18-2-3-18)8-9-24-23(17)16-31(29-24)15-19-10-12-30(13-11-19)26(33)20-4-6-21(27)7-5-20/h4-9,16,18-19H,2-3,10-15H2,1H3,(H,28,32). The Morgan fingerprint density at radius 2 is 1.76 bits per heavy atom. The predicted molar refractivity (Wildman–Crippen MR) is 130 cm³/mol. The first-order chi connectivity index (χ1) is 16.0. The third kappa shape index (κ3) is 4.91. The van der Waals surface area contributed by atoms with E-state index in [4.69, 9.17) is 16.7 Å². The summed E-state index contributed by atoms with van der Waals surface area (Å²) in [6.07, 6.45) is 6.40. The Morgan fingerprint density at radius 3 is 2.45 bits per heavy atom. The minimum absolute atomic E-state index is 0.00627. The van der Waals surface area contributed by atoms with Crippen molar-refractivity contribution in [1.29, 1.82) is 0 Å². The molecule has 5 rings (SSSR count). The minimum atomic E-state index is 0.00627. The highest BCUT2D eigenvalue weighted by atomic mass is 35.5. The molecule has 2 fully saturated rings. The third-order valence-corrected chi connectivity index (χ3v) is 7.19. The van der Waals surface area contributed by atoms with Crippen molar-refractivity contribution in [3.8, 4) is 0 Å². The first kappa shape index (κ1) is 22.0. The average molecular weight is 465 g/mol. The van der Waals surface area contributed by atoms with Gasteiger partial charge in [0.1, 0.15) is 0 Å². The van der Waals surface area contributed by atoms with Gasteiger partial charge in [0.2, 0.25) is 0 Å². The molecule has 1 saturated carbocycles. The Morgan fingerprint density at radius 1 is 1.03 bits per heavy atom. The van der Waals surface area contributed by atoms with Gasteiger partial charge in [0.05, 0.1) is 5.52 Å². The number of aromatic nitrogens is 2. The number of nitrogens with one attached hydrogen (secondary N) is 1.